The summed E-state index contributed by atoms with van der Waals surface area (Å²) in [5.41, 5.74) is 0.884. The van der Waals surface area contributed by atoms with E-state index in [0.29, 0.717) is 31.3 Å². The lowest BCUT2D eigenvalue weighted by Crippen LogP contribution is -2.53. The lowest BCUT2D eigenvalue weighted by Gasteiger charge is -2.36. The summed E-state index contributed by atoms with van der Waals surface area (Å²) in [5.74, 6) is -5.30. The van der Waals surface area contributed by atoms with Gasteiger partial charge in [0, 0.05) is 55.2 Å². The van der Waals surface area contributed by atoms with Crippen LogP contribution in [0, 0.1) is 23.3 Å². The maximum absolute atomic E-state index is 15.2. The number of nitrogens with one attached hydrogen (secondary N) is 2. The third-order valence-electron chi connectivity index (χ3n) is 8.22. The zero-order valence-corrected chi connectivity index (χ0v) is 25.1. The smallest absolute Gasteiger partial charge is 0.395 e. The number of anilines is 1. The Morgan fingerprint density at radius 1 is 0.917 bits per heavy atom. The average molecular weight is 671 g/mol. The predicted molar refractivity (Wildman–Crippen MR) is 161 cm³/mol. The molecule has 2 aliphatic rings. The molecule has 0 aliphatic carbocycles. The summed E-state index contributed by atoms with van der Waals surface area (Å²) >= 11 is 0. The first-order valence-electron chi connectivity index (χ1n) is 15.0. The number of halogens is 6. The highest BCUT2D eigenvalue weighted by molar-refractivity contribution is 5.95. The molecule has 0 spiro atoms. The molecule has 2 atom stereocenters. The maximum Gasteiger partial charge on any atom is 0.586 e. The monoisotopic (exact) mass is 670 g/mol. The van der Waals surface area contributed by atoms with Crippen LogP contribution in [0.2, 0.25) is 0 Å². The third-order valence-corrected chi connectivity index (χ3v) is 8.22. The highest BCUT2D eigenvalue weighted by Gasteiger charge is 2.44. The highest BCUT2D eigenvalue weighted by atomic mass is 19.3. The van der Waals surface area contributed by atoms with Gasteiger partial charge in [-0.15, -0.1) is 8.78 Å². The normalized spacial score (nSPS) is 17.2. The van der Waals surface area contributed by atoms with Gasteiger partial charge < -0.3 is 25.0 Å². The number of amides is 2. The zero-order valence-electron chi connectivity index (χ0n) is 25.1. The van der Waals surface area contributed by atoms with E-state index in [0.717, 1.165) is 18.3 Å². The lowest BCUT2D eigenvalue weighted by molar-refractivity contribution is -0.286. The minimum Gasteiger partial charge on any atom is -0.395 e. The Kier molecular flexibility index (Phi) is 9.27. The summed E-state index contributed by atoms with van der Waals surface area (Å²) < 4.78 is 93.0. The van der Waals surface area contributed by atoms with Crippen molar-refractivity contribution in [2.45, 2.75) is 37.5 Å². The summed E-state index contributed by atoms with van der Waals surface area (Å²) in [6, 6.07) is 11.4. The molecular weight excluding hydrogens is 642 g/mol. The molecule has 48 heavy (non-hydrogen) atoms. The Hall–Kier alpha value is -5.11. The van der Waals surface area contributed by atoms with Crippen molar-refractivity contribution in [3.8, 4) is 11.5 Å². The number of ether oxygens (including phenoxy) is 2. The van der Waals surface area contributed by atoms with Gasteiger partial charge in [-0.3, -0.25) is 14.6 Å². The van der Waals surface area contributed by atoms with Crippen LogP contribution in [0.25, 0.3) is 0 Å². The Balaban J connectivity index is 1.17. The van der Waals surface area contributed by atoms with Gasteiger partial charge in [0.25, 0.3) is 5.91 Å². The molecular formula is C34H28F6N4O4. The molecule has 3 aromatic carbocycles. The predicted octanol–water partition coefficient (Wildman–Crippen LogP) is 6.17. The van der Waals surface area contributed by atoms with Gasteiger partial charge >= 0.3 is 6.29 Å². The molecule has 0 radical (unpaired) electrons. The number of pyridine rings is 1. The van der Waals surface area contributed by atoms with Crippen LogP contribution in [0.3, 0.4) is 0 Å². The second kappa shape index (κ2) is 13.6. The number of nitrogens with zero attached hydrogens (tertiary/aromatic N) is 2. The Labute approximate surface area is 270 Å². The zero-order chi connectivity index (χ0) is 34.0. The first-order chi connectivity index (χ1) is 23.0. The topological polar surface area (TPSA) is 92.8 Å². The lowest BCUT2D eigenvalue weighted by atomic mass is 9.88. The van der Waals surface area contributed by atoms with Crippen LogP contribution < -0.4 is 20.1 Å². The summed E-state index contributed by atoms with van der Waals surface area (Å²) in [7, 11) is 0. The Morgan fingerprint density at radius 3 is 2.40 bits per heavy atom. The quantitative estimate of drug-likeness (QED) is 0.207. The molecule has 4 aromatic rings. The molecule has 2 N–H and O–H groups in total. The molecule has 0 saturated carbocycles. The van der Waals surface area contributed by atoms with Crippen LogP contribution in [0.15, 0.2) is 73.1 Å². The SMILES string of the molecule is O=C(C[C@@H](c1ccc(F)cc1)c1cc(F)cc(F)c1)Nc1cncc(F)c1CC[C@H]1CNCCN1C(=O)c1ccc2c(c1)OC(F)(F)O2. The second-order valence-electron chi connectivity index (χ2n) is 11.4. The van der Waals surface area contributed by atoms with E-state index >= 15 is 4.39 Å². The molecule has 2 amide bonds. The van der Waals surface area contributed by atoms with Crippen LogP contribution in [-0.2, 0) is 11.2 Å². The second-order valence-corrected chi connectivity index (χ2v) is 11.4. The number of fused-ring (bicyclic) bond motifs is 1. The fourth-order valence-electron chi connectivity index (χ4n) is 5.95. The van der Waals surface area contributed by atoms with Gasteiger partial charge in [-0.05, 0) is 66.4 Å². The maximum atomic E-state index is 15.2. The first-order valence-corrected chi connectivity index (χ1v) is 15.0. The molecule has 0 unspecified atom stereocenters. The summed E-state index contributed by atoms with van der Waals surface area (Å²) in [6.45, 7) is 1.13. The van der Waals surface area contributed by atoms with Crippen molar-refractivity contribution in [1.29, 1.82) is 0 Å². The molecule has 1 fully saturated rings. The van der Waals surface area contributed by atoms with Crippen LogP contribution >= 0.6 is 0 Å². The number of aromatic nitrogens is 1. The molecule has 6 rings (SSSR count). The molecule has 1 saturated heterocycles. The van der Waals surface area contributed by atoms with Gasteiger partial charge in [-0.25, -0.2) is 17.6 Å². The Bertz CT molecular complexity index is 1820. The van der Waals surface area contributed by atoms with Crippen molar-refractivity contribution in [3.63, 3.8) is 0 Å². The van der Waals surface area contributed by atoms with Gasteiger partial charge in [0.1, 0.15) is 23.3 Å². The van der Waals surface area contributed by atoms with Gasteiger partial charge in [-0.1, -0.05) is 12.1 Å². The molecule has 0 bridgehead atoms. The van der Waals surface area contributed by atoms with Gasteiger partial charge in [-0.2, -0.15) is 0 Å². The van der Waals surface area contributed by atoms with Crippen LogP contribution in [-0.4, -0.2) is 53.7 Å². The molecule has 250 valence electrons. The largest absolute Gasteiger partial charge is 0.586 e. The molecule has 2 aliphatic heterocycles. The number of piperazine rings is 1. The van der Waals surface area contributed by atoms with Crippen LogP contribution in [0.1, 0.15) is 45.8 Å². The number of hydrogen-bond acceptors (Lipinski definition) is 6. The van der Waals surface area contributed by atoms with E-state index < -0.39 is 53.3 Å². The molecule has 14 heteroatoms. The van der Waals surface area contributed by atoms with E-state index in [1.165, 1.54) is 48.7 Å². The number of carbonyl (C=O) groups is 2. The van der Waals surface area contributed by atoms with Gasteiger partial charge in [0.15, 0.2) is 11.5 Å². The minimum atomic E-state index is -3.83. The van der Waals surface area contributed by atoms with E-state index in [4.69, 9.17) is 0 Å². The summed E-state index contributed by atoms with van der Waals surface area (Å²) in [4.78, 5) is 32.2. The van der Waals surface area contributed by atoms with Crippen molar-refractivity contribution >= 4 is 17.5 Å². The molecule has 8 nitrogen and oxygen atoms in total. The fourth-order valence-corrected chi connectivity index (χ4v) is 5.95. The number of benzene rings is 3. The molecule has 3 heterocycles. The van der Waals surface area contributed by atoms with E-state index in [1.807, 2.05) is 0 Å². The first kappa shape index (κ1) is 32.8. The standard InChI is InChI=1S/C34H28F6N4O4/c35-22-4-1-19(2-5-22)27(21-11-23(36)14-24(37)12-21)15-32(45)43-29-18-42-17-28(38)26(29)7-6-25-16-41-9-10-44(25)33(46)20-3-8-30-31(13-20)48-34(39,40)47-30/h1-5,8,11-14,17-18,25,27,41H,6-7,9-10,15-16H2,(H,43,45)/t25-,27-/m0/s1. The number of rotatable bonds is 9. The summed E-state index contributed by atoms with van der Waals surface area (Å²) in [5, 5.41) is 5.85. The third kappa shape index (κ3) is 7.38. The van der Waals surface area contributed by atoms with E-state index in [-0.39, 0.29) is 53.1 Å². The van der Waals surface area contributed by atoms with Crippen molar-refractivity contribution < 1.29 is 45.4 Å². The van der Waals surface area contributed by atoms with E-state index in [1.54, 1.807) is 4.90 Å². The summed E-state index contributed by atoms with van der Waals surface area (Å²) in [6.07, 6.45) is -1.55. The van der Waals surface area contributed by atoms with Crippen molar-refractivity contribution in [1.82, 2.24) is 15.2 Å². The number of carbonyl (C=O) groups excluding carboxylic acids is 2. The Morgan fingerprint density at radius 2 is 1.65 bits per heavy atom. The van der Waals surface area contributed by atoms with Crippen LogP contribution in [0.5, 0.6) is 11.5 Å². The fraction of sp³-hybridized carbons (Fsp3) is 0.265. The van der Waals surface area contributed by atoms with E-state index in [9.17, 15) is 31.5 Å². The van der Waals surface area contributed by atoms with Gasteiger partial charge in [0.05, 0.1) is 18.1 Å². The minimum absolute atomic E-state index is 0.0709. The van der Waals surface area contributed by atoms with Gasteiger partial charge in [0.2, 0.25) is 5.91 Å². The van der Waals surface area contributed by atoms with E-state index in [2.05, 4.69) is 25.1 Å². The van der Waals surface area contributed by atoms with Crippen molar-refractivity contribution in [3.05, 3.63) is 119 Å². The highest BCUT2D eigenvalue weighted by Crippen LogP contribution is 2.41. The van der Waals surface area contributed by atoms with Crippen LogP contribution in [0.4, 0.5) is 32.0 Å². The molecule has 1 aromatic heterocycles. The average Bonchev–Trinajstić information content (AvgIpc) is 3.36. The number of alkyl halides is 2. The van der Waals surface area contributed by atoms with Crippen molar-refractivity contribution in [2.24, 2.45) is 0 Å². The number of hydrogen-bond donors (Lipinski definition) is 2. The van der Waals surface area contributed by atoms with Crippen molar-refractivity contribution in [2.75, 3.05) is 25.0 Å².